The van der Waals surface area contributed by atoms with Gasteiger partial charge in [0.15, 0.2) is 0 Å². The minimum absolute atomic E-state index is 0.167. The molecule has 0 radical (unpaired) electrons. The number of halogens is 4. The van der Waals surface area contributed by atoms with Crippen LogP contribution in [0.25, 0.3) is 28.0 Å². The van der Waals surface area contributed by atoms with Crippen molar-refractivity contribution < 1.29 is 13.9 Å². The molecule has 0 bridgehead atoms. The molecule has 0 atom stereocenters. The van der Waals surface area contributed by atoms with Gasteiger partial charge in [-0.2, -0.15) is 0 Å². The Bertz CT molecular complexity index is 1160. The van der Waals surface area contributed by atoms with Gasteiger partial charge in [0.05, 0.1) is 6.61 Å². The van der Waals surface area contributed by atoms with Crippen LogP contribution in [-0.4, -0.2) is 14.5 Å². The Morgan fingerprint density at radius 1 is 0.926 bits per heavy atom. The zero-order chi connectivity index (χ0) is 19.1. The van der Waals surface area contributed by atoms with Crippen LogP contribution in [0.2, 0.25) is 10.2 Å². The number of hydrogen-bond donors (Lipinski definition) is 1. The van der Waals surface area contributed by atoms with E-state index in [1.807, 2.05) is 12.1 Å². The molecule has 0 amide bonds. The van der Waals surface area contributed by atoms with Gasteiger partial charge in [0.2, 0.25) is 0 Å². The molecule has 0 saturated carbocycles. The third-order valence-electron chi connectivity index (χ3n) is 4.33. The first-order valence-corrected chi connectivity index (χ1v) is 8.77. The summed E-state index contributed by atoms with van der Waals surface area (Å²) in [7, 11) is 0. The fourth-order valence-electron chi connectivity index (χ4n) is 2.93. The molecule has 0 fully saturated rings. The van der Waals surface area contributed by atoms with Gasteiger partial charge in [-0.25, -0.2) is 13.8 Å². The molecule has 0 spiro atoms. The minimum Gasteiger partial charge on any atom is -0.391 e. The third-order valence-corrected chi connectivity index (χ3v) is 4.95. The molecular formula is C20H12Cl2F2N2O. The highest BCUT2D eigenvalue weighted by molar-refractivity contribution is 6.32. The second kappa shape index (κ2) is 6.93. The van der Waals surface area contributed by atoms with E-state index in [9.17, 15) is 13.9 Å². The molecule has 136 valence electrons. The van der Waals surface area contributed by atoms with E-state index in [-0.39, 0.29) is 11.1 Å². The van der Waals surface area contributed by atoms with Crippen LogP contribution in [0.3, 0.4) is 0 Å². The van der Waals surface area contributed by atoms with Crippen LogP contribution >= 0.6 is 23.2 Å². The Kier molecular flexibility index (Phi) is 4.60. The maximum absolute atomic E-state index is 14.6. The highest BCUT2D eigenvalue weighted by atomic mass is 35.5. The molecule has 3 nitrogen and oxygen atoms in total. The average molecular weight is 405 g/mol. The molecule has 1 N–H and O–H groups in total. The van der Waals surface area contributed by atoms with Crippen molar-refractivity contribution in [3.63, 3.8) is 0 Å². The number of nitrogens with zero attached hydrogens (tertiary/aromatic N) is 2. The number of aliphatic hydroxyl groups excluding tert-OH is 1. The second-order valence-corrected chi connectivity index (χ2v) is 6.74. The van der Waals surface area contributed by atoms with E-state index in [2.05, 4.69) is 4.98 Å². The Morgan fingerprint density at radius 3 is 2.33 bits per heavy atom. The lowest BCUT2D eigenvalue weighted by Gasteiger charge is -2.09. The van der Waals surface area contributed by atoms with Crippen LogP contribution in [0.5, 0.6) is 0 Å². The molecule has 0 saturated heterocycles. The van der Waals surface area contributed by atoms with Crippen molar-refractivity contribution in [2.75, 3.05) is 0 Å². The van der Waals surface area contributed by atoms with E-state index in [4.69, 9.17) is 23.2 Å². The lowest BCUT2D eigenvalue weighted by molar-refractivity contribution is 0.269. The molecule has 2 heterocycles. The highest BCUT2D eigenvalue weighted by Crippen LogP contribution is 2.32. The van der Waals surface area contributed by atoms with Gasteiger partial charge in [-0.3, -0.25) is 4.40 Å². The van der Waals surface area contributed by atoms with Crippen molar-refractivity contribution in [3.8, 4) is 22.4 Å². The van der Waals surface area contributed by atoms with Gasteiger partial charge in [-0.15, -0.1) is 0 Å². The normalized spacial score (nSPS) is 11.3. The summed E-state index contributed by atoms with van der Waals surface area (Å²) in [4.78, 5) is 4.51. The first kappa shape index (κ1) is 17.9. The number of hydrogen-bond acceptors (Lipinski definition) is 2. The molecule has 0 aliphatic rings. The minimum atomic E-state index is -0.800. The van der Waals surface area contributed by atoms with Gasteiger partial charge < -0.3 is 5.11 Å². The van der Waals surface area contributed by atoms with Gasteiger partial charge >= 0.3 is 0 Å². The van der Waals surface area contributed by atoms with Crippen LogP contribution < -0.4 is 0 Å². The van der Waals surface area contributed by atoms with Crippen LogP contribution in [-0.2, 0) is 6.61 Å². The van der Waals surface area contributed by atoms with Crippen LogP contribution in [0.1, 0.15) is 5.56 Å². The van der Waals surface area contributed by atoms with Gasteiger partial charge in [-0.05, 0) is 36.4 Å². The Balaban J connectivity index is 1.86. The molecule has 2 aromatic heterocycles. The second-order valence-electron chi connectivity index (χ2n) is 5.95. The zero-order valence-corrected chi connectivity index (χ0v) is 15.3. The quantitative estimate of drug-likeness (QED) is 0.472. The monoisotopic (exact) mass is 404 g/mol. The summed E-state index contributed by atoms with van der Waals surface area (Å²) in [5.41, 5.74) is 2.23. The highest BCUT2D eigenvalue weighted by Gasteiger charge is 2.17. The fourth-order valence-corrected chi connectivity index (χ4v) is 3.35. The maximum Gasteiger partial charge on any atom is 0.141 e. The molecule has 0 unspecified atom stereocenters. The molecule has 27 heavy (non-hydrogen) atoms. The summed E-state index contributed by atoms with van der Waals surface area (Å²) >= 11 is 12.4. The number of aromatic nitrogens is 2. The lowest BCUT2D eigenvalue weighted by Crippen LogP contribution is -1.98. The van der Waals surface area contributed by atoms with Crippen LogP contribution in [0, 0.1) is 11.6 Å². The largest absolute Gasteiger partial charge is 0.391 e. The summed E-state index contributed by atoms with van der Waals surface area (Å²) < 4.78 is 29.8. The van der Waals surface area contributed by atoms with Crippen molar-refractivity contribution in [1.82, 2.24) is 9.38 Å². The van der Waals surface area contributed by atoms with Crippen LogP contribution in [0.4, 0.5) is 8.78 Å². The maximum atomic E-state index is 14.6. The average Bonchev–Trinajstić information content (AvgIpc) is 2.99. The predicted molar refractivity (Wildman–Crippen MR) is 102 cm³/mol. The smallest absolute Gasteiger partial charge is 0.141 e. The van der Waals surface area contributed by atoms with E-state index in [0.29, 0.717) is 27.1 Å². The Labute approximate surface area is 163 Å². The molecule has 4 aromatic rings. The summed E-state index contributed by atoms with van der Waals surface area (Å²) in [6.45, 7) is -0.722. The zero-order valence-electron chi connectivity index (χ0n) is 13.8. The van der Waals surface area contributed by atoms with Crippen LogP contribution in [0.15, 0.2) is 54.7 Å². The first-order chi connectivity index (χ1) is 13.0. The summed E-state index contributed by atoms with van der Waals surface area (Å²) in [6.07, 6.45) is 1.63. The molecule has 0 aliphatic carbocycles. The third kappa shape index (κ3) is 3.08. The van der Waals surface area contributed by atoms with E-state index < -0.39 is 18.2 Å². The SMILES string of the molecule is OCc1c(F)ccc(-c2ccc3nc(-c4ccc(Cl)cc4)c(Cl)n3c2)c1F. The number of aliphatic hydroxyl groups is 1. The lowest BCUT2D eigenvalue weighted by atomic mass is 10.0. The number of rotatable bonds is 3. The standard InChI is InChI=1S/C20H12Cl2F2N2O/c21-13-4-1-11(2-5-13)19-20(22)26-9-12(3-8-17(26)25-19)14-6-7-16(23)15(10-27)18(14)24/h1-9,27H,10H2. The molecular weight excluding hydrogens is 393 g/mol. The number of fused-ring (bicyclic) bond motifs is 1. The van der Waals surface area contributed by atoms with Gasteiger partial charge in [0.1, 0.15) is 28.1 Å². The molecule has 0 aliphatic heterocycles. The number of pyridine rings is 1. The Morgan fingerprint density at radius 2 is 1.63 bits per heavy atom. The van der Waals surface area contributed by atoms with Gasteiger partial charge in [0.25, 0.3) is 0 Å². The fraction of sp³-hybridized carbons (Fsp3) is 0.0500. The van der Waals surface area contributed by atoms with Crippen molar-refractivity contribution in [2.45, 2.75) is 6.61 Å². The molecule has 4 rings (SSSR count). The first-order valence-electron chi connectivity index (χ1n) is 8.01. The summed E-state index contributed by atoms with van der Waals surface area (Å²) in [5.74, 6) is -1.59. The topological polar surface area (TPSA) is 37.5 Å². The van der Waals surface area contributed by atoms with Crippen molar-refractivity contribution in [1.29, 1.82) is 0 Å². The number of benzene rings is 2. The van der Waals surface area contributed by atoms with Crippen molar-refractivity contribution >= 4 is 28.8 Å². The number of imidazole rings is 1. The van der Waals surface area contributed by atoms with E-state index in [1.165, 1.54) is 6.07 Å². The molecule has 7 heteroatoms. The predicted octanol–water partition coefficient (Wildman–Crippen LogP) is 5.75. The van der Waals surface area contributed by atoms with Gasteiger partial charge in [0, 0.05) is 33.5 Å². The van der Waals surface area contributed by atoms with E-state index in [1.54, 1.807) is 34.9 Å². The van der Waals surface area contributed by atoms with E-state index >= 15 is 0 Å². The van der Waals surface area contributed by atoms with E-state index in [0.717, 1.165) is 11.6 Å². The van der Waals surface area contributed by atoms with Crippen molar-refractivity contribution in [2.24, 2.45) is 0 Å². The summed E-state index contributed by atoms with van der Waals surface area (Å²) in [5, 5.41) is 10.2. The van der Waals surface area contributed by atoms with Gasteiger partial charge in [-0.1, -0.05) is 35.3 Å². The molecule has 2 aromatic carbocycles. The van der Waals surface area contributed by atoms with Crippen molar-refractivity contribution in [3.05, 3.63) is 82.1 Å². The summed E-state index contributed by atoms with van der Waals surface area (Å²) in [6, 6.07) is 12.9. The Hall–Kier alpha value is -2.47.